The molecule has 0 spiro atoms. The van der Waals surface area contributed by atoms with Crippen LogP contribution < -0.4 is 0 Å². The second-order valence-corrected chi connectivity index (χ2v) is 3.27. The fraction of sp³-hybridized carbons (Fsp3) is 0.875. The fourth-order valence-corrected chi connectivity index (χ4v) is 1.37. The first-order valence-electron chi connectivity index (χ1n) is 4.38. The highest BCUT2D eigenvalue weighted by molar-refractivity contribution is 5.82. The highest BCUT2D eigenvalue weighted by atomic mass is 19.4. The maximum atomic E-state index is 12.1. The summed E-state index contributed by atoms with van der Waals surface area (Å²) in [6.45, 7) is 2.24. The Labute approximate surface area is 79.8 Å². The van der Waals surface area contributed by atoms with E-state index in [9.17, 15) is 18.0 Å². The first-order valence-corrected chi connectivity index (χ1v) is 4.38. The number of ether oxygens (including phenoxy) is 1. The zero-order valence-electron chi connectivity index (χ0n) is 7.80. The predicted octanol–water partition coefficient (Wildman–Crippen LogP) is 1.19. The highest BCUT2D eigenvalue weighted by Gasteiger charge is 2.44. The average Bonchev–Trinajstić information content (AvgIpc) is 2.27. The number of rotatable bonds is 0. The molecule has 0 aromatic heterocycles. The Kier molecular flexibility index (Phi) is 3.36. The minimum atomic E-state index is -4.78. The maximum absolute atomic E-state index is 12.1. The Bertz CT molecular complexity index is 217. The molecule has 1 aliphatic rings. The highest BCUT2D eigenvalue weighted by Crippen LogP contribution is 2.21. The molecule has 1 rings (SSSR count). The molecule has 14 heavy (non-hydrogen) atoms. The van der Waals surface area contributed by atoms with Crippen molar-refractivity contribution in [3.63, 3.8) is 0 Å². The Hall–Kier alpha value is -0.780. The largest absolute Gasteiger partial charge is 0.471 e. The van der Waals surface area contributed by atoms with Gasteiger partial charge in [0.25, 0.3) is 0 Å². The van der Waals surface area contributed by atoms with Gasteiger partial charge < -0.3 is 9.64 Å². The average molecular weight is 211 g/mol. The molecule has 3 nitrogen and oxygen atoms in total. The van der Waals surface area contributed by atoms with Crippen molar-refractivity contribution in [3.05, 3.63) is 0 Å². The minimum absolute atomic E-state index is 0.111. The minimum Gasteiger partial charge on any atom is -0.379 e. The topological polar surface area (TPSA) is 29.5 Å². The van der Waals surface area contributed by atoms with Crippen molar-refractivity contribution in [3.8, 4) is 0 Å². The van der Waals surface area contributed by atoms with E-state index in [1.165, 1.54) is 0 Å². The van der Waals surface area contributed by atoms with Crippen LogP contribution in [0, 0.1) is 0 Å². The van der Waals surface area contributed by atoms with Crippen LogP contribution in [0.1, 0.15) is 13.3 Å². The van der Waals surface area contributed by atoms with Crippen LogP contribution in [0.5, 0.6) is 0 Å². The van der Waals surface area contributed by atoms with E-state index >= 15 is 0 Å². The van der Waals surface area contributed by atoms with Crippen LogP contribution in [0.15, 0.2) is 0 Å². The Balaban J connectivity index is 2.69. The third-order valence-corrected chi connectivity index (χ3v) is 2.08. The van der Waals surface area contributed by atoms with Gasteiger partial charge in [0.05, 0.1) is 12.6 Å². The lowest BCUT2D eigenvalue weighted by molar-refractivity contribution is -0.187. The van der Waals surface area contributed by atoms with Gasteiger partial charge in [-0.1, -0.05) is 0 Å². The molecular formula is C8H12F3NO2. The molecule has 1 aliphatic heterocycles. The number of amides is 1. The van der Waals surface area contributed by atoms with E-state index in [-0.39, 0.29) is 13.2 Å². The Morgan fingerprint density at radius 1 is 1.50 bits per heavy atom. The molecule has 0 aromatic carbocycles. The zero-order valence-corrected chi connectivity index (χ0v) is 7.80. The van der Waals surface area contributed by atoms with Crippen molar-refractivity contribution >= 4 is 5.91 Å². The molecule has 0 saturated carbocycles. The lowest BCUT2D eigenvalue weighted by Crippen LogP contribution is -2.47. The van der Waals surface area contributed by atoms with Crippen molar-refractivity contribution in [2.45, 2.75) is 25.6 Å². The molecule has 1 heterocycles. The fourth-order valence-electron chi connectivity index (χ4n) is 1.37. The first kappa shape index (κ1) is 11.3. The predicted molar refractivity (Wildman–Crippen MR) is 42.7 cm³/mol. The molecule has 1 saturated heterocycles. The molecule has 1 fully saturated rings. The van der Waals surface area contributed by atoms with E-state index in [4.69, 9.17) is 4.74 Å². The van der Waals surface area contributed by atoms with Crippen LogP contribution in [0.2, 0.25) is 0 Å². The van der Waals surface area contributed by atoms with E-state index in [1.54, 1.807) is 6.92 Å². The molecule has 0 radical (unpaired) electrons. The van der Waals surface area contributed by atoms with Gasteiger partial charge in [-0.2, -0.15) is 13.2 Å². The number of halogens is 3. The van der Waals surface area contributed by atoms with Crippen molar-refractivity contribution in [1.82, 2.24) is 4.90 Å². The SMILES string of the molecule is CC1COCCCN1C(=O)C(F)(F)F. The Morgan fingerprint density at radius 2 is 2.14 bits per heavy atom. The second kappa shape index (κ2) is 4.16. The molecule has 0 N–H and O–H groups in total. The van der Waals surface area contributed by atoms with E-state index < -0.39 is 18.1 Å². The molecule has 1 amide bonds. The summed E-state index contributed by atoms with van der Waals surface area (Å²) < 4.78 is 41.4. The van der Waals surface area contributed by atoms with Crippen molar-refractivity contribution in [2.24, 2.45) is 0 Å². The summed E-state index contributed by atoms with van der Waals surface area (Å²) in [6.07, 6.45) is -4.33. The molecule has 0 aliphatic carbocycles. The normalized spacial score (nSPS) is 24.6. The van der Waals surface area contributed by atoms with Crippen LogP contribution in [0.4, 0.5) is 13.2 Å². The summed E-state index contributed by atoms with van der Waals surface area (Å²) in [4.78, 5) is 11.8. The van der Waals surface area contributed by atoms with Crippen molar-refractivity contribution in [1.29, 1.82) is 0 Å². The standard InChI is InChI=1S/C8H12F3NO2/c1-6-5-14-4-2-3-12(6)7(13)8(9,10)11/h6H,2-5H2,1H3. The third-order valence-electron chi connectivity index (χ3n) is 2.08. The van der Waals surface area contributed by atoms with Gasteiger partial charge in [-0.25, -0.2) is 0 Å². The van der Waals surface area contributed by atoms with Gasteiger partial charge in [0.2, 0.25) is 0 Å². The molecule has 6 heteroatoms. The number of carbonyl (C=O) groups is 1. The molecule has 1 unspecified atom stereocenters. The van der Waals surface area contributed by atoms with Crippen LogP contribution in [0.3, 0.4) is 0 Å². The maximum Gasteiger partial charge on any atom is 0.471 e. The van der Waals surface area contributed by atoms with Gasteiger partial charge >= 0.3 is 12.1 Å². The van der Waals surface area contributed by atoms with Crippen molar-refractivity contribution < 1.29 is 22.7 Å². The van der Waals surface area contributed by atoms with Crippen LogP contribution >= 0.6 is 0 Å². The molecule has 1 atom stereocenters. The van der Waals surface area contributed by atoms with E-state index in [0.717, 1.165) is 4.90 Å². The number of alkyl halides is 3. The molecule has 0 aromatic rings. The van der Waals surface area contributed by atoms with Gasteiger partial charge in [0, 0.05) is 13.2 Å². The number of carbonyl (C=O) groups excluding carboxylic acids is 1. The Morgan fingerprint density at radius 3 is 2.71 bits per heavy atom. The lowest BCUT2D eigenvalue weighted by Gasteiger charge is -2.26. The van der Waals surface area contributed by atoms with Crippen LogP contribution in [0.25, 0.3) is 0 Å². The molecule has 0 bridgehead atoms. The van der Waals surface area contributed by atoms with Crippen molar-refractivity contribution in [2.75, 3.05) is 19.8 Å². The summed E-state index contributed by atoms with van der Waals surface area (Å²) in [5, 5.41) is 0. The van der Waals surface area contributed by atoms with Gasteiger partial charge in [0.1, 0.15) is 0 Å². The number of nitrogens with zero attached hydrogens (tertiary/aromatic N) is 1. The summed E-state index contributed by atoms with van der Waals surface area (Å²) in [5.74, 6) is -1.77. The van der Waals surface area contributed by atoms with E-state index in [0.29, 0.717) is 13.0 Å². The first-order chi connectivity index (χ1) is 6.43. The summed E-state index contributed by atoms with van der Waals surface area (Å²) >= 11 is 0. The second-order valence-electron chi connectivity index (χ2n) is 3.27. The van der Waals surface area contributed by atoms with E-state index in [2.05, 4.69) is 0 Å². The van der Waals surface area contributed by atoms with Crippen LogP contribution in [-0.2, 0) is 9.53 Å². The van der Waals surface area contributed by atoms with Gasteiger partial charge in [-0.3, -0.25) is 4.79 Å². The third kappa shape index (κ3) is 2.60. The van der Waals surface area contributed by atoms with Gasteiger partial charge in [0.15, 0.2) is 0 Å². The smallest absolute Gasteiger partial charge is 0.379 e. The quantitative estimate of drug-likeness (QED) is 0.602. The van der Waals surface area contributed by atoms with Gasteiger partial charge in [-0.15, -0.1) is 0 Å². The summed E-state index contributed by atoms with van der Waals surface area (Å²) in [7, 11) is 0. The monoisotopic (exact) mass is 211 g/mol. The molecule has 82 valence electrons. The number of hydrogen-bond donors (Lipinski definition) is 0. The van der Waals surface area contributed by atoms with Crippen LogP contribution in [-0.4, -0.2) is 42.8 Å². The van der Waals surface area contributed by atoms with Gasteiger partial charge in [-0.05, 0) is 13.3 Å². The summed E-state index contributed by atoms with van der Waals surface area (Å²) in [5.41, 5.74) is 0. The lowest BCUT2D eigenvalue weighted by atomic mass is 10.3. The van der Waals surface area contributed by atoms with E-state index in [1.807, 2.05) is 0 Å². The summed E-state index contributed by atoms with van der Waals surface area (Å²) in [6, 6.07) is -0.508. The molecular weight excluding hydrogens is 199 g/mol. The number of hydrogen-bond acceptors (Lipinski definition) is 2. The zero-order chi connectivity index (χ0) is 10.8.